The molecular formula is C15H10F2N2. The van der Waals surface area contributed by atoms with Crippen LogP contribution in [0, 0.1) is 11.6 Å². The van der Waals surface area contributed by atoms with Crippen molar-refractivity contribution >= 4 is 23.1 Å². The molecule has 19 heavy (non-hydrogen) atoms. The molecule has 3 rings (SSSR count). The topological polar surface area (TPSA) is 28.7 Å². The minimum absolute atomic E-state index is 0.266. The molecule has 1 N–H and O–H groups in total. The van der Waals surface area contributed by atoms with E-state index in [0.29, 0.717) is 5.52 Å². The van der Waals surface area contributed by atoms with E-state index in [4.69, 9.17) is 0 Å². The Morgan fingerprint density at radius 1 is 0.895 bits per heavy atom. The van der Waals surface area contributed by atoms with Crippen LogP contribution in [0.2, 0.25) is 0 Å². The average Bonchev–Trinajstić information content (AvgIpc) is 2.80. The summed E-state index contributed by atoms with van der Waals surface area (Å²) in [4.78, 5) is 0. The van der Waals surface area contributed by atoms with E-state index >= 15 is 0 Å². The highest BCUT2D eigenvalue weighted by atomic mass is 19.1. The van der Waals surface area contributed by atoms with Gasteiger partial charge in [0.2, 0.25) is 0 Å². The Balaban J connectivity index is 1.95. The molecule has 0 saturated heterocycles. The third-order valence-electron chi connectivity index (χ3n) is 2.86. The number of H-pyrrole nitrogens is 1. The van der Waals surface area contributed by atoms with Crippen molar-refractivity contribution < 1.29 is 8.78 Å². The van der Waals surface area contributed by atoms with E-state index in [2.05, 4.69) is 10.2 Å². The molecule has 0 atom stereocenters. The Hall–Kier alpha value is -2.49. The van der Waals surface area contributed by atoms with Gasteiger partial charge in [-0.15, -0.1) is 0 Å². The third-order valence-corrected chi connectivity index (χ3v) is 2.86. The van der Waals surface area contributed by atoms with Crippen LogP contribution in [0.15, 0.2) is 42.5 Å². The molecule has 0 fully saturated rings. The maximum Gasteiger partial charge on any atom is 0.125 e. The molecule has 3 aromatic rings. The average molecular weight is 256 g/mol. The second-order valence-corrected chi connectivity index (χ2v) is 4.18. The Labute approximate surface area is 108 Å². The molecule has 1 aromatic heterocycles. The first-order valence-electron chi connectivity index (χ1n) is 5.80. The fourth-order valence-corrected chi connectivity index (χ4v) is 1.89. The molecular weight excluding hydrogens is 246 g/mol. The summed E-state index contributed by atoms with van der Waals surface area (Å²) in [6.45, 7) is 0. The largest absolute Gasteiger partial charge is 0.277 e. The highest BCUT2D eigenvalue weighted by Crippen LogP contribution is 2.19. The quantitative estimate of drug-likeness (QED) is 0.737. The van der Waals surface area contributed by atoms with Gasteiger partial charge in [0.1, 0.15) is 11.6 Å². The van der Waals surface area contributed by atoms with Crippen molar-refractivity contribution in [2.75, 3.05) is 0 Å². The van der Waals surface area contributed by atoms with Crippen molar-refractivity contribution in [3.63, 3.8) is 0 Å². The summed E-state index contributed by atoms with van der Waals surface area (Å²) < 4.78 is 25.8. The Morgan fingerprint density at radius 3 is 2.42 bits per heavy atom. The monoisotopic (exact) mass is 256 g/mol. The molecule has 2 nitrogen and oxygen atoms in total. The van der Waals surface area contributed by atoms with Crippen molar-refractivity contribution in [1.82, 2.24) is 10.2 Å². The van der Waals surface area contributed by atoms with Gasteiger partial charge >= 0.3 is 0 Å². The molecule has 0 aliphatic rings. The zero-order valence-corrected chi connectivity index (χ0v) is 9.90. The molecule has 0 aliphatic heterocycles. The molecule has 1 heterocycles. The van der Waals surface area contributed by atoms with Gasteiger partial charge in [-0.05, 0) is 42.0 Å². The summed E-state index contributed by atoms with van der Waals surface area (Å²) in [5.41, 5.74) is 2.25. The predicted molar refractivity (Wildman–Crippen MR) is 71.4 cm³/mol. The van der Waals surface area contributed by atoms with Crippen LogP contribution in [0.25, 0.3) is 23.1 Å². The number of rotatable bonds is 2. The fourth-order valence-electron chi connectivity index (χ4n) is 1.89. The molecule has 0 saturated carbocycles. The first-order chi connectivity index (χ1) is 9.22. The molecule has 0 bridgehead atoms. The maximum absolute atomic E-state index is 13.0. The molecule has 0 spiro atoms. The van der Waals surface area contributed by atoms with Crippen LogP contribution >= 0.6 is 0 Å². The standard InChI is InChI=1S/C15H10F2N2/c16-11-4-1-10(2-5-11)3-8-14-13-7-6-12(17)9-15(13)19-18-14/h1-9H,(H,18,19)/b8-3+. The van der Waals surface area contributed by atoms with Gasteiger partial charge in [0, 0.05) is 5.39 Å². The second kappa shape index (κ2) is 4.65. The van der Waals surface area contributed by atoms with E-state index in [0.717, 1.165) is 16.6 Å². The lowest BCUT2D eigenvalue weighted by Gasteiger charge is -1.93. The minimum Gasteiger partial charge on any atom is -0.277 e. The Kier molecular flexibility index (Phi) is 2.83. The number of benzene rings is 2. The van der Waals surface area contributed by atoms with Crippen molar-refractivity contribution in [3.8, 4) is 0 Å². The van der Waals surface area contributed by atoms with Crippen molar-refractivity contribution in [3.05, 3.63) is 65.4 Å². The van der Waals surface area contributed by atoms with E-state index < -0.39 is 0 Å². The van der Waals surface area contributed by atoms with E-state index in [1.165, 1.54) is 24.3 Å². The van der Waals surface area contributed by atoms with Crippen LogP contribution in [0.3, 0.4) is 0 Å². The lowest BCUT2D eigenvalue weighted by Crippen LogP contribution is -1.76. The van der Waals surface area contributed by atoms with Gasteiger partial charge in [0.15, 0.2) is 0 Å². The molecule has 0 amide bonds. The summed E-state index contributed by atoms with van der Waals surface area (Å²) in [7, 11) is 0. The highest BCUT2D eigenvalue weighted by molar-refractivity contribution is 5.89. The van der Waals surface area contributed by atoms with Gasteiger partial charge in [-0.2, -0.15) is 5.10 Å². The SMILES string of the molecule is Fc1ccc(/C=C/c2n[nH]c3cc(F)ccc23)cc1. The fraction of sp³-hybridized carbons (Fsp3) is 0. The number of aromatic nitrogens is 2. The van der Waals surface area contributed by atoms with Crippen molar-refractivity contribution in [1.29, 1.82) is 0 Å². The van der Waals surface area contributed by atoms with Crippen LogP contribution in [0.4, 0.5) is 8.78 Å². The van der Waals surface area contributed by atoms with Crippen molar-refractivity contribution in [2.45, 2.75) is 0 Å². The molecule has 4 heteroatoms. The molecule has 2 aromatic carbocycles. The van der Waals surface area contributed by atoms with Gasteiger partial charge in [-0.1, -0.05) is 18.2 Å². The van der Waals surface area contributed by atoms with E-state index in [1.807, 2.05) is 12.2 Å². The first kappa shape index (κ1) is 11.6. The van der Waals surface area contributed by atoms with E-state index in [9.17, 15) is 8.78 Å². The minimum atomic E-state index is -0.301. The van der Waals surface area contributed by atoms with E-state index in [1.54, 1.807) is 18.2 Å². The Morgan fingerprint density at radius 2 is 1.63 bits per heavy atom. The van der Waals surface area contributed by atoms with Gasteiger partial charge < -0.3 is 0 Å². The summed E-state index contributed by atoms with van der Waals surface area (Å²) in [6.07, 6.45) is 3.64. The van der Waals surface area contributed by atoms with Gasteiger partial charge in [0.05, 0.1) is 11.2 Å². The van der Waals surface area contributed by atoms with Gasteiger partial charge in [-0.3, -0.25) is 5.10 Å². The number of halogens is 2. The van der Waals surface area contributed by atoms with Crippen LogP contribution in [0.5, 0.6) is 0 Å². The zero-order chi connectivity index (χ0) is 13.2. The van der Waals surface area contributed by atoms with Gasteiger partial charge in [0.25, 0.3) is 0 Å². The molecule has 0 aliphatic carbocycles. The lowest BCUT2D eigenvalue weighted by molar-refractivity contribution is 0.627. The van der Waals surface area contributed by atoms with Crippen molar-refractivity contribution in [2.24, 2.45) is 0 Å². The van der Waals surface area contributed by atoms with Gasteiger partial charge in [-0.25, -0.2) is 8.78 Å². The van der Waals surface area contributed by atoms with E-state index in [-0.39, 0.29) is 11.6 Å². The number of nitrogens with zero attached hydrogens (tertiary/aromatic N) is 1. The number of fused-ring (bicyclic) bond motifs is 1. The molecule has 94 valence electrons. The highest BCUT2D eigenvalue weighted by Gasteiger charge is 2.03. The predicted octanol–water partition coefficient (Wildman–Crippen LogP) is 4.01. The zero-order valence-electron chi connectivity index (χ0n) is 9.90. The third kappa shape index (κ3) is 2.38. The Bertz CT molecular complexity index is 742. The van der Waals surface area contributed by atoms with Crippen LogP contribution in [-0.4, -0.2) is 10.2 Å². The summed E-state index contributed by atoms with van der Waals surface area (Å²) >= 11 is 0. The second-order valence-electron chi connectivity index (χ2n) is 4.18. The smallest absolute Gasteiger partial charge is 0.125 e. The van der Waals surface area contributed by atoms with Crippen LogP contribution in [-0.2, 0) is 0 Å². The number of hydrogen-bond acceptors (Lipinski definition) is 1. The molecule has 0 unspecified atom stereocenters. The number of hydrogen-bond donors (Lipinski definition) is 1. The number of nitrogens with one attached hydrogen (secondary N) is 1. The summed E-state index contributed by atoms with van der Waals surface area (Å²) in [5.74, 6) is -0.567. The molecule has 0 radical (unpaired) electrons. The summed E-state index contributed by atoms with van der Waals surface area (Å²) in [5, 5.41) is 7.74. The van der Waals surface area contributed by atoms with Crippen LogP contribution in [0.1, 0.15) is 11.3 Å². The maximum atomic E-state index is 13.0. The first-order valence-corrected chi connectivity index (χ1v) is 5.80. The normalized spacial score (nSPS) is 11.5. The summed E-state index contributed by atoms with van der Waals surface area (Å²) in [6, 6.07) is 10.6. The number of aromatic amines is 1. The van der Waals surface area contributed by atoms with Crippen LogP contribution < -0.4 is 0 Å². The lowest BCUT2D eigenvalue weighted by atomic mass is 10.1.